The van der Waals surface area contributed by atoms with Gasteiger partial charge in [0.1, 0.15) is 5.52 Å². The van der Waals surface area contributed by atoms with E-state index in [0.29, 0.717) is 23.8 Å². The summed E-state index contributed by atoms with van der Waals surface area (Å²) in [4.78, 5) is 21.3. The second kappa shape index (κ2) is 5.85. The smallest absolute Gasteiger partial charge is 0.298 e. The Hall–Kier alpha value is -2.08. The van der Waals surface area contributed by atoms with Gasteiger partial charge in [0.25, 0.3) is 11.9 Å². The molecule has 2 aromatic rings. The van der Waals surface area contributed by atoms with Gasteiger partial charge in [0, 0.05) is 32.3 Å². The number of benzene rings is 1. The number of carbonyl (C=O) groups excluding carboxylic acids is 1. The van der Waals surface area contributed by atoms with Crippen molar-refractivity contribution in [3.8, 4) is 0 Å². The molecule has 3 heterocycles. The fourth-order valence-electron chi connectivity index (χ4n) is 3.32. The summed E-state index contributed by atoms with van der Waals surface area (Å²) in [7, 11) is 1.68. The molecular formula is C17H21N3O3. The fourth-order valence-corrected chi connectivity index (χ4v) is 3.32. The largest absolute Gasteiger partial charge is 0.423 e. The van der Waals surface area contributed by atoms with E-state index in [-0.39, 0.29) is 11.9 Å². The van der Waals surface area contributed by atoms with Crippen LogP contribution in [0.4, 0.5) is 6.01 Å². The lowest BCUT2D eigenvalue weighted by atomic mass is 10.1. The van der Waals surface area contributed by atoms with Crippen molar-refractivity contribution in [3.05, 3.63) is 23.8 Å². The van der Waals surface area contributed by atoms with Crippen molar-refractivity contribution in [1.29, 1.82) is 0 Å². The monoisotopic (exact) mass is 315 g/mol. The Balaban J connectivity index is 1.59. The summed E-state index contributed by atoms with van der Waals surface area (Å²) < 4.78 is 11.1. The molecule has 122 valence electrons. The first kappa shape index (κ1) is 14.5. The van der Waals surface area contributed by atoms with Gasteiger partial charge in [-0.2, -0.15) is 4.98 Å². The summed E-state index contributed by atoms with van der Waals surface area (Å²) in [5.41, 5.74) is 2.14. The van der Waals surface area contributed by atoms with Crippen LogP contribution >= 0.6 is 0 Å². The number of hydrogen-bond donors (Lipinski definition) is 0. The van der Waals surface area contributed by atoms with Gasteiger partial charge < -0.3 is 19.0 Å². The molecule has 0 N–H and O–H groups in total. The minimum Gasteiger partial charge on any atom is -0.423 e. The number of aromatic nitrogens is 1. The Bertz CT molecular complexity index is 723. The third kappa shape index (κ3) is 2.57. The molecule has 0 radical (unpaired) electrons. The van der Waals surface area contributed by atoms with Gasteiger partial charge in [-0.3, -0.25) is 4.79 Å². The third-order valence-electron chi connectivity index (χ3n) is 4.75. The van der Waals surface area contributed by atoms with Crippen LogP contribution in [-0.2, 0) is 4.74 Å². The van der Waals surface area contributed by atoms with Crippen molar-refractivity contribution in [2.75, 3.05) is 38.3 Å². The van der Waals surface area contributed by atoms with Crippen LogP contribution in [0.1, 0.15) is 29.6 Å². The molecule has 0 aliphatic carbocycles. The summed E-state index contributed by atoms with van der Waals surface area (Å²) in [6.45, 7) is 3.37. The van der Waals surface area contributed by atoms with Gasteiger partial charge in [0.2, 0.25) is 0 Å². The van der Waals surface area contributed by atoms with Crippen LogP contribution in [0.25, 0.3) is 11.1 Å². The van der Waals surface area contributed by atoms with Gasteiger partial charge in [-0.15, -0.1) is 0 Å². The molecule has 2 fully saturated rings. The second-order valence-electron chi connectivity index (χ2n) is 6.27. The van der Waals surface area contributed by atoms with Crippen molar-refractivity contribution in [3.63, 3.8) is 0 Å². The van der Waals surface area contributed by atoms with Crippen molar-refractivity contribution < 1.29 is 13.9 Å². The van der Waals surface area contributed by atoms with Crippen molar-refractivity contribution >= 4 is 23.0 Å². The van der Waals surface area contributed by atoms with Gasteiger partial charge in [0.15, 0.2) is 5.58 Å². The molecular weight excluding hydrogens is 294 g/mol. The number of carbonyl (C=O) groups is 1. The maximum absolute atomic E-state index is 12.8. The van der Waals surface area contributed by atoms with Crippen LogP contribution < -0.4 is 4.90 Å². The minimum atomic E-state index is 0.0494. The number of rotatable bonds is 4. The first-order chi connectivity index (χ1) is 11.3. The van der Waals surface area contributed by atoms with Crippen LogP contribution in [-0.4, -0.2) is 55.2 Å². The number of methoxy groups -OCH3 is 1. The lowest BCUT2D eigenvalue weighted by Crippen LogP contribution is -2.38. The van der Waals surface area contributed by atoms with E-state index in [1.807, 2.05) is 23.1 Å². The van der Waals surface area contributed by atoms with E-state index >= 15 is 0 Å². The zero-order chi connectivity index (χ0) is 15.8. The number of oxazole rings is 1. The second-order valence-corrected chi connectivity index (χ2v) is 6.27. The third-order valence-corrected chi connectivity index (χ3v) is 4.75. The van der Waals surface area contributed by atoms with Crippen LogP contribution in [0.15, 0.2) is 22.6 Å². The number of ether oxygens (including phenoxy) is 1. The average Bonchev–Trinajstić information content (AvgIpc) is 3.10. The molecule has 1 aromatic heterocycles. The SMILES string of the molecule is COC[C@H]1CCCN1C(=O)c1ccc2nc(N3CCC3)oc2c1. The first-order valence-corrected chi connectivity index (χ1v) is 8.22. The maximum atomic E-state index is 12.8. The van der Waals surface area contributed by atoms with Crippen LogP contribution in [0.3, 0.4) is 0 Å². The molecule has 0 spiro atoms. The maximum Gasteiger partial charge on any atom is 0.298 e. The molecule has 0 unspecified atom stereocenters. The highest BCUT2D eigenvalue weighted by atomic mass is 16.5. The van der Waals surface area contributed by atoms with Gasteiger partial charge in [-0.25, -0.2) is 0 Å². The Morgan fingerprint density at radius 3 is 2.96 bits per heavy atom. The lowest BCUT2D eigenvalue weighted by molar-refractivity contribution is 0.0630. The molecule has 1 amide bonds. The van der Waals surface area contributed by atoms with Crippen LogP contribution in [0.2, 0.25) is 0 Å². The van der Waals surface area contributed by atoms with Crippen molar-refractivity contribution in [2.24, 2.45) is 0 Å². The van der Waals surface area contributed by atoms with E-state index in [2.05, 4.69) is 9.88 Å². The van der Waals surface area contributed by atoms with E-state index in [9.17, 15) is 4.79 Å². The van der Waals surface area contributed by atoms with Gasteiger partial charge in [-0.1, -0.05) is 0 Å². The number of fused-ring (bicyclic) bond motifs is 1. The zero-order valence-electron chi connectivity index (χ0n) is 13.3. The molecule has 2 saturated heterocycles. The summed E-state index contributed by atoms with van der Waals surface area (Å²) in [5, 5.41) is 0. The summed E-state index contributed by atoms with van der Waals surface area (Å²) in [6, 6.07) is 6.37. The quantitative estimate of drug-likeness (QED) is 0.866. The van der Waals surface area contributed by atoms with Gasteiger partial charge in [-0.05, 0) is 37.5 Å². The Labute approximate surface area is 135 Å². The molecule has 2 aliphatic heterocycles. The molecule has 6 heteroatoms. The predicted molar refractivity (Wildman–Crippen MR) is 86.8 cm³/mol. The number of hydrogen-bond acceptors (Lipinski definition) is 5. The molecule has 1 aromatic carbocycles. The van der Waals surface area contributed by atoms with E-state index in [1.54, 1.807) is 7.11 Å². The molecule has 2 aliphatic rings. The highest BCUT2D eigenvalue weighted by molar-refractivity contribution is 5.97. The van der Waals surface area contributed by atoms with Gasteiger partial charge in [0.05, 0.1) is 12.6 Å². The number of nitrogens with zero attached hydrogens (tertiary/aromatic N) is 3. The standard InChI is InChI=1S/C17H21N3O3/c1-22-11-13-4-2-9-20(13)16(21)12-5-6-14-15(10-12)23-17(18-14)19-7-3-8-19/h5-6,10,13H,2-4,7-9,11H2,1H3/t13-/m1/s1. The summed E-state index contributed by atoms with van der Waals surface area (Å²) in [6.07, 6.45) is 3.21. The average molecular weight is 315 g/mol. The Morgan fingerprint density at radius 1 is 1.35 bits per heavy atom. The van der Waals surface area contributed by atoms with Crippen molar-refractivity contribution in [2.45, 2.75) is 25.3 Å². The highest BCUT2D eigenvalue weighted by Crippen LogP contribution is 2.27. The highest BCUT2D eigenvalue weighted by Gasteiger charge is 2.29. The van der Waals surface area contributed by atoms with E-state index in [4.69, 9.17) is 9.15 Å². The van der Waals surface area contributed by atoms with E-state index in [1.165, 1.54) is 6.42 Å². The summed E-state index contributed by atoms with van der Waals surface area (Å²) in [5.74, 6) is 0.0494. The lowest BCUT2D eigenvalue weighted by Gasteiger charge is -2.28. The molecule has 6 nitrogen and oxygen atoms in total. The fraction of sp³-hybridized carbons (Fsp3) is 0.529. The van der Waals surface area contributed by atoms with Gasteiger partial charge >= 0.3 is 0 Å². The zero-order valence-corrected chi connectivity index (χ0v) is 13.3. The van der Waals surface area contributed by atoms with E-state index < -0.39 is 0 Å². The molecule has 1 atom stereocenters. The Morgan fingerprint density at radius 2 is 2.22 bits per heavy atom. The number of amides is 1. The number of anilines is 1. The molecule has 0 bridgehead atoms. The van der Waals surface area contributed by atoms with Crippen molar-refractivity contribution in [1.82, 2.24) is 9.88 Å². The molecule has 4 rings (SSSR count). The topological polar surface area (TPSA) is 58.8 Å². The number of likely N-dealkylation sites (tertiary alicyclic amines) is 1. The molecule has 0 saturated carbocycles. The van der Waals surface area contributed by atoms with E-state index in [0.717, 1.165) is 38.0 Å². The summed E-state index contributed by atoms with van der Waals surface area (Å²) >= 11 is 0. The van der Waals surface area contributed by atoms with Crippen LogP contribution in [0, 0.1) is 0 Å². The Kier molecular flexibility index (Phi) is 3.69. The predicted octanol–water partition coefficient (Wildman–Crippen LogP) is 2.29. The molecule has 23 heavy (non-hydrogen) atoms. The van der Waals surface area contributed by atoms with Crippen LogP contribution in [0.5, 0.6) is 0 Å². The first-order valence-electron chi connectivity index (χ1n) is 8.22. The minimum absolute atomic E-state index is 0.0494. The normalized spacial score (nSPS) is 21.0.